The molecule has 1 aromatic carbocycles. The molecular weight excluding hydrogens is 214 g/mol. The molecule has 17 heavy (non-hydrogen) atoms. The molecule has 2 rings (SSSR count). The Morgan fingerprint density at radius 1 is 1.41 bits per heavy atom. The van der Waals surface area contributed by atoms with Crippen molar-refractivity contribution in [2.75, 3.05) is 18.0 Å². The predicted octanol–water partition coefficient (Wildman–Crippen LogP) is 2.02. The molecule has 1 fully saturated rings. The Balaban J connectivity index is 2.09. The highest BCUT2D eigenvalue weighted by Crippen LogP contribution is 2.31. The summed E-state index contributed by atoms with van der Waals surface area (Å²) in [6, 6.07) is 7.83. The topological polar surface area (TPSA) is 61.8 Å². The molecule has 3 N–H and O–H groups in total. The molecule has 0 amide bonds. The van der Waals surface area contributed by atoms with Crippen molar-refractivity contribution >= 4 is 11.5 Å². The molecule has 1 aliphatic carbocycles. The molecule has 0 unspecified atom stereocenters. The van der Waals surface area contributed by atoms with Crippen LogP contribution in [0.25, 0.3) is 0 Å². The summed E-state index contributed by atoms with van der Waals surface area (Å²) < 4.78 is 0. The van der Waals surface area contributed by atoms with E-state index in [-0.39, 0.29) is 5.84 Å². The lowest BCUT2D eigenvalue weighted by Gasteiger charge is -2.23. The van der Waals surface area contributed by atoms with Crippen molar-refractivity contribution in [1.29, 1.82) is 0 Å². The van der Waals surface area contributed by atoms with Crippen molar-refractivity contribution in [3.63, 3.8) is 0 Å². The van der Waals surface area contributed by atoms with Crippen LogP contribution in [0.5, 0.6) is 0 Å². The van der Waals surface area contributed by atoms with Crippen LogP contribution in [0.2, 0.25) is 0 Å². The first-order valence-electron chi connectivity index (χ1n) is 6.07. The van der Waals surface area contributed by atoms with Gasteiger partial charge in [0.1, 0.15) is 0 Å². The minimum Gasteiger partial charge on any atom is -0.409 e. The van der Waals surface area contributed by atoms with Crippen LogP contribution < -0.4 is 10.6 Å². The van der Waals surface area contributed by atoms with Crippen molar-refractivity contribution < 1.29 is 5.21 Å². The van der Waals surface area contributed by atoms with Crippen LogP contribution in [0.1, 0.15) is 25.3 Å². The molecule has 4 heteroatoms. The molecule has 0 saturated heterocycles. The number of rotatable bonds is 5. The Morgan fingerprint density at radius 2 is 2.06 bits per heavy atom. The van der Waals surface area contributed by atoms with Gasteiger partial charge in [-0.15, -0.1) is 0 Å². The molecule has 1 saturated carbocycles. The van der Waals surface area contributed by atoms with Crippen LogP contribution in [0, 0.1) is 5.92 Å². The highest BCUT2D eigenvalue weighted by molar-refractivity contribution is 5.97. The molecular formula is C13H19N3O. The number of hydrogen-bond acceptors (Lipinski definition) is 3. The molecule has 0 spiro atoms. The zero-order valence-electron chi connectivity index (χ0n) is 10.1. The Hall–Kier alpha value is -1.71. The monoisotopic (exact) mass is 233 g/mol. The number of hydrogen-bond donors (Lipinski definition) is 2. The summed E-state index contributed by atoms with van der Waals surface area (Å²) in [4.78, 5) is 2.37. The third-order valence-corrected chi connectivity index (χ3v) is 3.19. The van der Waals surface area contributed by atoms with Gasteiger partial charge in [-0.25, -0.2) is 0 Å². The van der Waals surface area contributed by atoms with Gasteiger partial charge in [-0.1, -0.05) is 5.16 Å². The summed E-state index contributed by atoms with van der Waals surface area (Å²) in [5.41, 5.74) is 7.48. The van der Waals surface area contributed by atoms with Gasteiger partial charge in [0.05, 0.1) is 0 Å². The van der Waals surface area contributed by atoms with Gasteiger partial charge >= 0.3 is 0 Å². The molecule has 0 heterocycles. The van der Waals surface area contributed by atoms with Gasteiger partial charge < -0.3 is 15.8 Å². The first kappa shape index (κ1) is 11.8. The number of benzene rings is 1. The van der Waals surface area contributed by atoms with E-state index in [4.69, 9.17) is 10.9 Å². The molecule has 1 aliphatic rings. The standard InChI is InChI=1S/C13H19N3O/c1-2-16(9-10-3-4-10)12-7-5-11(6-8-12)13(14)15-17/h5-8,10,17H,2-4,9H2,1H3,(H2,14,15). The number of amidine groups is 1. The van der Waals surface area contributed by atoms with E-state index in [2.05, 4.69) is 17.0 Å². The summed E-state index contributed by atoms with van der Waals surface area (Å²) in [5, 5.41) is 11.6. The van der Waals surface area contributed by atoms with Gasteiger partial charge in [-0.2, -0.15) is 0 Å². The largest absolute Gasteiger partial charge is 0.409 e. The Morgan fingerprint density at radius 3 is 2.53 bits per heavy atom. The normalized spacial score (nSPS) is 15.9. The molecule has 1 aromatic rings. The Labute approximate surface area is 102 Å². The van der Waals surface area contributed by atoms with Crippen molar-refractivity contribution in [2.24, 2.45) is 16.8 Å². The second-order valence-electron chi connectivity index (χ2n) is 4.51. The zero-order chi connectivity index (χ0) is 12.3. The van der Waals surface area contributed by atoms with Gasteiger partial charge in [-0.05, 0) is 49.9 Å². The maximum atomic E-state index is 8.59. The summed E-state index contributed by atoms with van der Waals surface area (Å²) >= 11 is 0. The fraction of sp³-hybridized carbons (Fsp3) is 0.462. The van der Waals surface area contributed by atoms with E-state index in [0.717, 1.165) is 24.6 Å². The minimum absolute atomic E-state index is 0.154. The summed E-state index contributed by atoms with van der Waals surface area (Å²) in [6.45, 7) is 4.32. The van der Waals surface area contributed by atoms with Crippen molar-refractivity contribution in [2.45, 2.75) is 19.8 Å². The van der Waals surface area contributed by atoms with Crippen LogP contribution in [-0.4, -0.2) is 24.1 Å². The lowest BCUT2D eigenvalue weighted by atomic mass is 10.1. The van der Waals surface area contributed by atoms with E-state index in [0.29, 0.717) is 0 Å². The van der Waals surface area contributed by atoms with E-state index in [1.54, 1.807) is 0 Å². The first-order chi connectivity index (χ1) is 8.24. The molecule has 92 valence electrons. The van der Waals surface area contributed by atoms with E-state index in [1.807, 2.05) is 24.3 Å². The molecule has 0 bridgehead atoms. The first-order valence-corrected chi connectivity index (χ1v) is 6.07. The lowest BCUT2D eigenvalue weighted by molar-refractivity contribution is 0.318. The summed E-state index contributed by atoms with van der Waals surface area (Å²) in [7, 11) is 0. The predicted molar refractivity (Wildman–Crippen MR) is 69.6 cm³/mol. The second-order valence-corrected chi connectivity index (χ2v) is 4.51. The van der Waals surface area contributed by atoms with E-state index >= 15 is 0 Å². The third kappa shape index (κ3) is 2.90. The van der Waals surface area contributed by atoms with Crippen molar-refractivity contribution in [1.82, 2.24) is 0 Å². The third-order valence-electron chi connectivity index (χ3n) is 3.19. The molecule has 0 aromatic heterocycles. The summed E-state index contributed by atoms with van der Waals surface area (Å²) in [6.07, 6.45) is 2.72. The van der Waals surface area contributed by atoms with Crippen molar-refractivity contribution in [3.8, 4) is 0 Å². The lowest BCUT2D eigenvalue weighted by Crippen LogP contribution is -2.25. The molecule has 4 nitrogen and oxygen atoms in total. The summed E-state index contributed by atoms with van der Waals surface area (Å²) in [5.74, 6) is 1.03. The fourth-order valence-corrected chi connectivity index (χ4v) is 1.93. The van der Waals surface area contributed by atoms with Crippen LogP contribution >= 0.6 is 0 Å². The highest BCUT2D eigenvalue weighted by atomic mass is 16.4. The van der Waals surface area contributed by atoms with Crippen molar-refractivity contribution in [3.05, 3.63) is 29.8 Å². The number of oxime groups is 1. The van der Waals surface area contributed by atoms with Gasteiger partial charge in [0.2, 0.25) is 0 Å². The van der Waals surface area contributed by atoms with Crippen LogP contribution in [-0.2, 0) is 0 Å². The highest BCUT2D eigenvalue weighted by Gasteiger charge is 2.23. The zero-order valence-corrected chi connectivity index (χ0v) is 10.1. The van der Waals surface area contributed by atoms with Crippen LogP contribution in [0.3, 0.4) is 0 Å². The fourth-order valence-electron chi connectivity index (χ4n) is 1.93. The van der Waals surface area contributed by atoms with Gasteiger partial charge in [-0.3, -0.25) is 0 Å². The number of nitrogens with two attached hydrogens (primary N) is 1. The maximum Gasteiger partial charge on any atom is 0.170 e. The Kier molecular flexibility index (Phi) is 3.52. The Bertz CT molecular complexity index is 396. The van der Waals surface area contributed by atoms with Gasteiger partial charge in [0.25, 0.3) is 0 Å². The van der Waals surface area contributed by atoms with E-state index in [9.17, 15) is 0 Å². The number of anilines is 1. The number of nitrogens with zero attached hydrogens (tertiary/aromatic N) is 2. The quantitative estimate of drug-likeness (QED) is 0.354. The smallest absolute Gasteiger partial charge is 0.170 e. The SMILES string of the molecule is CCN(CC1CC1)c1ccc(C(N)=NO)cc1. The molecule has 0 aliphatic heterocycles. The van der Waals surface area contributed by atoms with E-state index in [1.165, 1.54) is 18.5 Å². The van der Waals surface area contributed by atoms with Crippen LogP contribution in [0.4, 0.5) is 5.69 Å². The van der Waals surface area contributed by atoms with Gasteiger partial charge in [0, 0.05) is 24.3 Å². The minimum atomic E-state index is 0.154. The average molecular weight is 233 g/mol. The maximum absolute atomic E-state index is 8.59. The van der Waals surface area contributed by atoms with Gasteiger partial charge in [0.15, 0.2) is 5.84 Å². The average Bonchev–Trinajstić information content (AvgIpc) is 3.19. The van der Waals surface area contributed by atoms with E-state index < -0.39 is 0 Å². The second kappa shape index (κ2) is 5.08. The van der Waals surface area contributed by atoms with Crippen LogP contribution in [0.15, 0.2) is 29.4 Å². The molecule has 0 atom stereocenters. The molecule has 0 radical (unpaired) electrons.